The average molecular weight is 247 g/mol. The van der Waals surface area contributed by atoms with Crippen LogP contribution in [0.1, 0.15) is 25.0 Å². The molecule has 0 aromatic heterocycles. The first-order chi connectivity index (χ1) is 8.40. The van der Waals surface area contributed by atoms with Crippen molar-refractivity contribution in [2.24, 2.45) is 5.92 Å². The number of carboxylic acid groups (broad SMARTS) is 1. The van der Waals surface area contributed by atoms with Gasteiger partial charge in [0.05, 0.1) is 0 Å². The van der Waals surface area contributed by atoms with Crippen LogP contribution in [0, 0.1) is 12.8 Å². The number of nitrogens with zero attached hydrogens (tertiary/aromatic N) is 1. The Morgan fingerprint density at radius 2 is 2.11 bits per heavy atom. The van der Waals surface area contributed by atoms with Gasteiger partial charge in [-0.15, -0.1) is 0 Å². The largest absolute Gasteiger partial charge is 0.478 e. The monoisotopic (exact) mass is 247 g/mol. The number of hydrogen-bond donors (Lipinski definition) is 1. The highest BCUT2D eigenvalue weighted by molar-refractivity contribution is 5.85. The molecule has 0 spiro atoms. The Balaban J connectivity index is 2.89. The van der Waals surface area contributed by atoms with E-state index >= 15 is 0 Å². The maximum absolute atomic E-state index is 10.5. The summed E-state index contributed by atoms with van der Waals surface area (Å²) in [5.41, 5.74) is 3.26. The molecule has 0 aliphatic carbocycles. The van der Waals surface area contributed by atoms with Crippen molar-refractivity contribution in [3.63, 3.8) is 0 Å². The van der Waals surface area contributed by atoms with Gasteiger partial charge in [0.25, 0.3) is 0 Å². The van der Waals surface area contributed by atoms with Crippen LogP contribution in [0.25, 0.3) is 6.08 Å². The third-order valence-corrected chi connectivity index (χ3v) is 2.69. The van der Waals surface area contributed by atoms with E-state index < -0.39 is 5.97 Å². The van der Waals surface area contributed by atoms with Crippen LogP contribution >= 0.6 is 0 Å². The fraction of sp³-hybridized carbons (Fsp3) is 0.400. The second kappa shape index (κ2) is 6.24. The summed E-state index contributed by atoms with van der Waals surface area (Å²) in [5.74, 6) is -0.311. The molecule has 3 nitrogen and oxygen atoms in total. The number of aryl methyl sites for hydroxylation is 1. The Kier molecular flexibility index (Phi) is 4.95. The molecule has 1 rings (SSSR count). The molecule has 98 valence electrons. The zero-order valence-corrected chi connectivity index (χ0v) is 11.5. The minimum Gasteiger partial charge on any atom is -0.478 e. The quantitative estimate of drug-likeness (QED) is 0.812. The van der Waals surface area contributed by atoms with Gasteiger partial charge >= 0.3 is 5.97 Å². The second-order valence-electron chi connectivity index (χ2n) is 4.99. The number of rotatable bonds is 5. The van der Waals surface area contributed by atoms with Crippen molar-refractivity contribution in [2.45, 2.75) is 20.8 Å². The van der Waals surface area contributed by atoms with Crippen LogP contribution in [0.15, 0.2) is 24.3 Å². The number of carbonyl (C=O) groups is 1. The van der Waals surface area contributed by atoms with Crippen LogP contribution in [-0.2, 0) is 4.79 Å². The maximum Gasteiger partial charge on any atom is 0.328 e. The predicted octanol–water partition coefficient (Wildman–Crippen LogP) is 3.19. The van der Waals surface area contributed by atoms with Gasteiger partial charge in [0, 0.05) is 25.4 Å². The highest BCUT2D eigenvalue weighted by atomic mass is 16.4. The van der Waals surface area contributed by atoms with Crippen molar-refractivity contribution < 1.29 is 9.90 Å². The maximum atomic E-state index is 10.5. The number of anilines is 1. The van der Waals surface area contributed by atoms with Crippen molar-refractivity contribution >= 4 is 17.7 Å². The molecule has 18 heavy (non-hydrogen) atoms. The van der Waals surface area contributed by atoms with Crippen LogP contribution in [0.3, 0.4) is 0 Å². The minimum atomic E-state index is -0.923. The number of carboxylic acids is 1. The Hall–Kier alpha value is -1.77. The molecule has 0 aliphatic rings. The molecule has 0 radical (unpaired) electrons. The van der Waals surface area contributed by atoms with E-state index in [0.717, 1.165) is 23.7 Å². The summed E-state index contributed by atoms with van der Waals surface area (Å²) in [6.45, 7) is 7.43. The van der Waals surface area contributed by atoms with E-state index in [4.69, 9.17) is 5.11 Å². The molecule has 0 bridgehead atoms. The summed E-state index contributed by atoms with van der Waals surface area (Å²) in [7, 11) is 2.08. The highest BCUT2D eigenvalue weighted by Gasteiger charge is 2.06. The molecule has 0 amide bonds. The van der Waals surface area contributed by atoms with Gasteiger partial charge in [0.15, 0.2) is 0 Å². The first kappa shape index (κ1) is 14.3. The summed E-state index contributed by atoms with van der Waals surface area (Å²) in [5, 5.41) is 8.59. The van der Waals surface area contributed by atoms with Gasteiger partial charge in [-0.2, -0.15) is 0 Å². The third-order valence-electron chi connectivity index (χ3n) is 2.69. The van der Waals surface area contributed by atoms with E-state index in [1.807, 2.05) is 25.1 Å². The molecule has 1 N–H and O–H groups in total. The molecular formula is C15H21NO2. The summed E-state index contributed by atoms with van der Waals surface area (Å²) in [4.78, 5) is 12.7. The lowest BCUT2D eigenvalue weighted by molar-refractivity contribution is -0.131. The summed E-state index contributed by atoms with van der Waals surface area (Å²) in [6.07, 6.45) is 2.77. The Morgan fingerprint density at radius 3 is 2.61 bits per heavy atom. The fourth-order valence-electron chi connectivity index (χ4n) is 2.02. The van der Waals surface area contributed by atoms with Crippen molar-refractivity contribution in [3.8, 4) is 0 Å². The fourth-order valence-corrected chi connectivity index (χ4v) is 2.02. The summed E-state index contributed by atoms with van der Waals surface area (Å²) in [6, 6.07) is 5.99. The second-order valence-corrected chi connectivity index (χ2v) is 4.99. The van der Waals surface area contributed by atoms with Gasteiger partial charge in [-0.05, 0) is 42.2 Å². The minimum absolute atomic E-state index is 0.612. The van der Waals surface area contributed by atoms with Crippen molar-refractivity contribution in [2.75, 3.05) is 18.5 Å². The SMILES string of the molecule is Cc1cc(C=CC(=O)O)ccc1N(C)CC(C)C. The molecule has 0 atom stereocenters. The van der Waals surface area contributed by atoms with Gasteiger partial charge in [0.2, 0.25) is 0 Å². The smallest absolute Gasteiger partial charge is 0.328 e. The lowest BCUT2D eigenvalue weighted by Crippen LogP contribution is -2.23. The van der Waals surface area contributed by atoms with Crippen molar-refractivity contribution in [1.29, 1.82) is 0 Å². The molecule has 0 saturated carbocycles. The van der Waals surface area contributed by atoms with Crippen molar-refractivity contribution in [1.82, 2.24) is 0 Å². The van der Waals surface area contributed by atoms with E-state index in [-0.39, 0.29) is 0 Å². The van der Waals surface area contributed by atoms with Crippen molar-refractivity contribution in [3.05, 3.63) is 35.4 Å². The van der Waals surface area contributed by atoms with Gasteiger partial charge in [-0.25, -0.2) is 4.79 Å². The average Bonchev–Trinajstić information content (AvgIpc) is 2.25. The molecule has 1 aromatic carbocycles. The first-order valence-corrected chi connectivity index (χ1v) is 6.13. The highest BCUT2D eigenvalue weighted by Crippen LogP contribution is 2.21. The standard InChI is InChI=1S/C15H21NO2/c1-11(2)10-16(4)14-7-5-13(9-12(14)3)6-8-15(17)18/h5-9,11H,10H2,1-4H3,(H,17,18). The number of benzene rings is 1. The summed E-state index contributed by atoms with van der Waals surface area (Å²) < 4.78 is 0. The van der Waals surface area contributed by atoms with Gasteiger partial charge in [-0.1, -0.05) is 19.9 Å². The lowest BCUT2D eigenvalue weighted by atomic mass is 10.1. The van der Waals surface area contributed by atoms with Crippen LogP contribution in [0.4, 0.5) is 5.69 Å². The van der Waals surface area contributed by atoms with Gasteiger partial charge in [0.1, 0.15) is 0 Å². The number of aliphatic carboxylic acids is 1. The van der Waals surface area contributed by atoms with Gasteiger partial charge in [-0.3, -0.25) is 0 Å². The molecular weight excluding hydrogens is 226 g/mol. The van der Waals surface area contributed by atoms with Gasteiger partial charge < -0.3 is 10.0 Å². The Labute approximate surface area is 109 Å². The Bertz CT molecular complexity index is 450. The van der Waals surface area contributed by atoms with E-state index in [9.17, 15) is 4.79 Å². The van der Waals surface area contributed by atoms with E-state index in [1.165, 1.54) is 5.69 Å². The third kappa shape index (κ3) is 4.24. The Morgan fingerprint density at radius 1 is 1.44 bits per heavy atom. The van der Waals surface area contributed by atoms with E-state index in [0.29, 0.717) is 5.92 Å². The van der Waals surface area contributed by atoms with Crippen LogP contribution < -0.4 is 4.90 Å². The zero-order valence-electron chi connectivity index (χ0n) is 11.5. The lowest BCUT2D eigenvalue weighted by Gasteiger charge is -2.23. The van der Waals surface area contributed by atoms with E-state index in [2.05, 4.69) is 25.8 Å². The molecule has 0 heterocycles. The predicted molar refractivity (Wildman–Crippen MR) is 76.0 cm³/mol. The van der Waals surface area contributed by atoms with Crippen LogP contribution in [0.5, 0.6) is 0 Å². The molecule has 0 saturated heterocycles. The summed E-state index contributed by atoms with van der Waals surface area (Å²) >= 11 is 0. The van der Waals surface area contributed by atoms with E-state index in [1.54, 1.807) is 6.08 Å². The molecule has 0 aliphatic heterocycles. The zero-order chi connectivity index (χ0) is 13.7. The molecule has 0 unspecified atom stereocenters. The van der Waals surface area contributed by atoms with Crippen LogP contribution in [-0.4, -0.2) is 24.7 Å². The molecule has 1 aromatic rings. The topological polar surface area (TPSA) is 40.5 Å². The number of hydrogen-bond acceptors (Lipinski definition) is 2. The van der Waals surface area contributed by atoms with Crippen LogP contribution in [0.2, 0.25) is 0 Å². The molecule has 0 fully saturated rings. The normalized spacial score (nSPS) is 11.2. The molecule has 3 heteroatoms. The first-order valence-electron chi connectivity index (χ1n) is 6.13.